The highest BCUT2D eigenvalue weighted by atomic mass is 32.2. The van der Waals surface area contributed by atoms with Gasteiger partial charge in [-0.25, -0.2) is 8.78 Å². The van der Waals surface area contributed by atoms with E-state index >= 15 is 0 Å². The molecule has 2 unspecified atom stereocenters. The summed E-state index contributed by atoms with van der Waals surface area (Å²) < 4.78 is 32.2. The molecule has 0 radical (unpaired) electrons. The predicted octanol–water partition coefficient (Wildman–Crippen LogP) is 3.39. The first-order chi connectivity index (χ1) is 13.5. The molecular formula is C21H33F2N3OS. The smallest absolute Gasteiger partial charge is 0.123 e. The van der Waals surface area contributed by atoms with Crippen LogP contribution in [0.4, 0.5) is 8.78 Å². The van der Waals surface area contributed by atoms with Crippen LogP contribution in [0.2, 0.25) is 0 Å². The van der Waals surface area contributed by atoms with Gasteiger partial charge in [0.25, 0.3) is 0 Å². The number of hydrogen-bond donors (Lipinski definition) is 1. The van der Waals surface area contributed by atoms with Crippen LogP contribution in [0.5, 0.6) is 0 Å². The molecule has 28 heavy (non-hydrogen) atoms. The third-order valence-corrected chi connectivity index (χ3v) is 7.30. The second-order valence-corrected chi connectivity index (χ2v) is 9.06. The molecule has 1 aromatic rings. The molecule has 7 heteroatoms. The topological polar surface area (TPSA) is 27.7 Å². The second kappa shape index (κ2) is 10.3. The Hall–Kier alpha value is -0.730. The second-order valence-electron chi connectivity index (χ2n) is 8.18. The van der Waals surface area contributed by atoms with E-state index in [4.69, 9.17) is 4.74 Å². The summed E-state index contributed by atoms with van der Waals surface area (Å²) in [6.45, 7) is 6.95. The van der Waals surface area contributed by atoms with Crippen LogP contribution in [-0.2, 0) is 4.74 Å². The number of nitrogens with one attached hydrogen (secondary N) is 1. The molecule has 2 atom stereocenters. The average Bonchev–Trinajstić information content (AvgIpc) is 3.15. The molecule has 3 saturated heterocycles. The van der Waals surface area contributed by atoms with Crippen molar-refractivity contribution in [3.63, 3.8) is 0 Å². The first-order valence-electron chi connectivity index (χ1n) is 10.2. The van der Waals surface area contributed by atoms with Crippen LogP contribution in [0.1, 0.15) is 25.7 Å². The van der Waals surface area contributed by atoms with Gasteiger partial charge in [0.15, 0.2) is 0 Å². The third kappa shape index (κ3) is 5.89. The lowest BCUT2D eigenvalue weighted by molar-refractivity contribution is 0.00307. The maximum atomic E-state index is 11.9. The van der Waals surface area contributed by atoms with Crippen LogP contribution in [0.25, 0.3) is 0 Å². The van der Waals surface area contributed by atoms with Gasteiger partial charge in [-0.3, -0.25) is 9.21 Å². The van der Waals surface area contributed by atoms with Crippen molar-refractivity contribution in [1.29, 1.82) is 0 Å². The molecular weight excluding hydrogens is 380 g/mol. The summed E-state index contributed by atoms with van der Waals surface area (Å²) in [5.74, 6) is -0.821. The van der Waals surface area contributed by atoms with Gasteiger partial charge in [-0.1, -0.05) is 11.9 Å². The van der Waals surface area contributed by atoms with Crippen molar-refractivity contribution in [3.8, 4) is 0 Å². The molecule has 3 fully saturated rings. The quantitative estimate of drug-likeness (QED) is 0.767. The number of piperidine rings is 1. The summed E-state index contributed by atoms with van der Waals surface area (Å²) in [4.78, 5) is 2.72. The van der Waals surface area contributed by atoms with Gasteiger partial charge >= 0.3 is 0 Å². The van der Waals surface area contributed by atoms with Gasteiger partial charge < -0.3 is 10.1 Å². The maximum Gasteiger partial charge on any atom is 0.123 e. The Balaban J connectivity index is 0.000000236. The molecule has 0 bridgehead atoms. The van der Waals surface area contributed by atoms with Crippen LogP contribution >= 0.6 is 11.9 Å². The molecule has 0 saturated carbocycles. The molecule has 0 aromatic heterocycles. The van der Waals surface area contributed by atoms with Crippen molar-refractivity contribution in [2.45, 2.75) is 37.8 Å². The lowest BCUT2D eigenvalue weighted by atomic mass is 9.78. The first-order valence-corrected chi connectivity index (χ1v) is 11.4. The third-order valence-electron chi connectivity index (χ3n) is 6.42. The minimum Gasteiger partial charge on any atom is -0.378 e. The average molecular weight is 414 g/mol. The highest BCUT2D eigenvalue weighted by Crippen LogP contribution is 2.42. The summed E-state index contributed by atoms with van der Waals surface area (Å²) in [6.07, 6.45) is 7.62. The van der Waals surface area contributed by atoms with E-state index in [2.05, 4.69) is 27.8 Å². The molecule has 3 aliphatic heterocycles. The number of ether oxygens (including phenoxy) is 1. The van der Waals surface area contributed by atoms with Crippen molar-refractivity contribution in [3.05, 3.63) is 35.9 Å². The SMILES string of the molecule is CNC1COCC(N2CCC3(CCN(SC)CC3)C2)C1.Fc1ccc(F)cc1. The van der Waals surface area contributed by atoms with Crippen molar-refractivity contribution in [2.75, 3.05) is 52.7 Å². The van der Waals surface area contributed by atoms with E-state index in [1.165, 1.54) is 51.9 Å². The number of benzene rings is 1. The fourth-order valence-corrected chi connectivity index (χ4v) is 5.08. The standard InChI is InChI=1S/C15H29N3OS.C6H4F2/c1-16-13-9-14(11-19-10-13)17-6-3-15(12-17)4-7-18(20-2)8-5-15;7-5-1-2-6(8)4-3-5/h13-14,16H,3-12H2,1-2H3;1-4H. The number of rotatable bonds is 3. The number of likely N-dealkylation sites (tertiary alicyclic amines) is 1. The zero-order valence-electron chi connectivity index (χ0n) is 17.0. The molecule has 4 rings (SSSR count). The lowest BCUT2D eigenvalue weighted by Gasteiger charge is -2.40. The fourth-order valence-electron chi connectivity index (χ4n) is 4.53. The van der Waals surface area contributed by atoms with E-state index < -0.39 is 11.6 Å². The van der Waals surface area contributed by atoms with Crippen LogP contribution < -0.4 is 5.32 Å². The van der Waals surface area contributed by atoms with Gasteiger partial charge in [0.2, 0.25) is 0 Å². The first kappa shape index (κ1) is 22.0. The zero-order chi connectivity index (χ0) is 20.0. The Morgan fingerprint density at radius 2 is 1.64 bits per heavy atom. The fraction of sp³-hybridized carbons (Fsp3) is 0.714. The monoisotopic (exact) mass is 413 g/mol. The van der Waals surface area contributed by atoms with E-state index in [1.54, 1.807) is 0 Å². The summed E-state index contributed by atoms with van der Waals surface area (Å²) >= 11 is 1.91. The van der Waals surface area contributed by atoms with Crippen LogP contribution in [0.15, 0.2) is 24.3 Å². The van der Waals surface area contributed by atoms with Crippen LogP contribution in [-0.4, -0.2) is 74.0 Å². The zero-order valence-corrected chi connectivity index (χ0v) is 17.8. The molecule has 3 aliphatic rings. The molecule has 1 aromatic carbocycles. The van der Waals surface area contributed by atoms with Gasteiger partial charge in [-0.2, -0.15) is 0 Å². The summed E-state index contributed by atoms with van der Waals surface area (Å²) in [5.41, 5.74) is 0.610. The minimum atomic E-state index is -0.411. The number of hydrogen-bond acceptors (Lipinski definition) is 5. The molecule has 4 nitrogen and oxygen atoms in total. The van der Waals surface area contributed by atoms with Crippen LogP contribution in [0, 0.1) is 17.0 Å². The predicted molar refractivity (Wildman–Crippen MR) is 111 cm³/mol. The minimum absolute atomic E-state index is 0.411. The number of likely N-dealkylation sites (N-methyl/N-ethyl adjacent to an activating group) is 1. The summed E-state index contributed by atoms with van der Waals surface area (Å²) in [7, 11) is 2.06. The van der Waals surface area contributed by atoms with Gasteiger partial charge in [-0.15, -0.1) is 0 Å². The molecule has 3 heterocycles. The normalized spacial score (nSPS) is 28.1. The number of nitrogens with zero attached hydrogens (tertiary/aromatic N) is 2. The highest BCUT2D eigenvalue weighted by Gasteiger charge is 2.43. The van der Waals surface area contributed by atoms with Crippen LogP contribution in [0.3, 0.4) is 0 Å². The maximum absolute atomic E-state index is 11.9. The van der Waals surface area contributed by atoms with Gasteiger partial charge in [-0.05, 0) is 75.2 Å². The van der Waals surface area contributed by atoms with Crippen molar-refractivity contribution in [2.24, 2.45) is 5.41 Å². The molecule has 1 spiro atoms. The van der Waals surface area contributed by atoms with Gasteiger partial charge in [0.1, 0.15) is 11.6 Å². The molecule has 0 amide bonds. The van der Waals surface area contributed by atoms with E-state index in [0.29, 0.717) is 17.5 Å². The molecule has 1 N–H and O–H groups in total. The summed E-state index contributed by atoms with van der Waals surface area (Å²) in [6, 6.07) is 5.50. The molecule has 158 valence electrons. The Morgan fingerprint density at radius 1 is 1.04 bits per heavy atom. The summed E-state index contributed by atoms with van der Waals surface area (Å²) in [5, 5.41) is 3.38. The van der Waals surface area contributed by atoms with E-state index in [9.17, 15) is 8.78 Å². The highest BCUT2D eigenvalue weighted by molar-refractivity contribution is 7.96. The van der Waals surface area contributed by atoms with E-state index in [1.807, 2.05) is 11.9 Å². The Kier molecular flexibility index (Phi) is 8.12. The van der Waals surface area contributed by atoms with Crippen molar-refractivity contribution < 1.29 is 13.5 Å². The lowest BCUT2D eigenvalue weighted by Crippen LogP contribution is -2.49. The Labute approximate surface area is 172 Å². The Morgan fingerprint density at radius 3 is 2.21 bits per heavy atom. The van der Waals surface area contributed by atoms with Crippen molar-refractivity contribution >= 4 is 11.9 Å². The largest absolute Gasteiger partial charge is 0.378 e. The van der Waals surface area contributed by atoms with Crippen molar-refractivity contribution in [1.82, 2.24) is 14.5 Å². The van der Waals surface area contributed by atoms with E-state index in [-0.39, 0.29) is 0 Å². The Bertz CT molecular complexity index is 575. The van der Waals surface area contributed by atoms with Gasteiger partial charge in [0, 0.05) is 31.7 Å². The van der Waals surface area contributed by atoms with E-state index in [0.717, 1.165) is 37.5 Å². The molecule has 0 aliphatic carbocycles. The van der Waals surface area contributed by atoms with Gasteiger partial charge in [0.05, 0.1) is 13.2 Å². The number of halogens is 2.